The topological polar surface area (TPSA) is 26.0 Å². The second-order valence-corrected chi connectivity index (χ2v) is 5.17. The smallest absolute Gasteiger partial charge is 0.0410 e. The Morgan fingerprint density at radius 3 is 2.60 bits per heavy atom. The van der Waals surface area contributed by atoms with E-state index in [1.807, 2.05) is 18.2 Å². The van der Waals surface area contributed by atoms with Gasteiger partial charge in [0.2, 0.25) is 0 Å². The van der Waals surface area contributed by atoms with Gasteiger partial charge in [-0.3, -0.25) is 0 Å². The van der Waals surface area contributed by atoms with Gasteiger partial charge in [-0.15, -0.1) is 12.4 Å². The maximum atomic E-state index is 6.18. The van der Waals surface area contributed by atoms with Crippen LogP contribution in [0, 0.1) is 5.92 Å². The van der Waals surface area contributed by atoms with Gasteiger partial charge in [-0.1, -0.05) is 34.0 Å². The van der Waals surface area contributed by atoms with Crippen molar-refractivity contribution in [1.29, 1.82) is 0 Å². The van der Waals surface area contributed by atoms with Crippen LogP contribution in [0.1, 0.15) is 30.9 Å². The van der Waals surface area contributed by atoms with E-state index in [1.54, 1.807) is 0 Å². The van der Waals surface area contributed by atoms with E-state index < -0.39 is 0 Å². The molecule has 2 rings (SSSR count). The maximum absolute atomic E-state index is 6.18. The first kappa shape index (κ1) is 13.3. The molecule has 2 N–H and O–H groups in total. The normalized spacial score (nSPS) is 17.8. The summed E-state index contributed by atoms with van der Waals surface area (Å²) in [6.45, 7) is 0. The summed E-state index contributed by atoms with van der Waals surface area (Å²) < 4.78 is 1.07. The van der Waals surface area contributed by atoms with Crippen molar-refractivity contribution in [2.45, 2.75) is 25.3 Å². The van der Waals surface area contributed by atoms with E-state index in [4.69, 9.17) is 17.3 Å². The maximum Gasteiger partial charge on any atom is 0.0410 e. The van der Waals surface area contributed by atoms with Gasteiger partial charge in [-0.05, 0) is 42.5 Å². The Kier molecular flexibility index (Phi) is 4.91. The van der Waals surface area contributed by atoms with Crippen LogP contribution in [-0.4, -0.2) is 0 Å². The second kappa shape index (κ2) is 5.53. The van der Waals surface area contributed by atoms with Crippen molar-refractivity contribution in [2.24, 2.45) is 11.7 Å². The number of benzene rings is 1. The van der Waals surface area contributed by atoms with Gasteiger partial charge in [0.1, 0.15) is 0 Å². The number of nitrogens with two attached hydrogens (primary N) is 1. The molecule has 0 saturated heterocycles. The fraction of sp³-hybridized carbons (Fsp3) is 0.455. The predicted octanol–water partition coefficient (Wildman–Crippen LogP) is 4.32. The number of hydrogen-bond acceptors (Lipinski definition) is 1. The largest absolute Gasteiger partial charge is 0.324 e. The molecule has 1 aromatic rings. The van der Waals surface area contributed by atoms with Crippen LogP contribution in [0.2, 0.25) is 5.02 Å². The van der Waals surface area contributed by atoms with Gasteiger partial charge >= 0.3 is 0 Å². The Labute approximate surface area is 110 Å². The molecule has 1 atom stereocenters. The summed E-state index contributed by atoms with van der Waals surface area (Å²) in [7, 11) is 0. The van der Waals surface area contributed by atoms with Crippen LogP contribution in [-0.2, 0) is 0 Å². The van der Waals surface area contributed by atoms with Crippen LogP contribution < -0.4 is 5.73 Å². The minimum atomic E-state index is 0. The Hall–Kier alpha value is 0.240. The lowest BCUT2D eigenvalue weighted by Gasteiger charge is -2.32. The van der Waals surface area contributed by atoms with Crippen LogP contribution in [0.3, 0.4) is 0 Å². The molecule has 1 aliphatic rings. The molecular formula is C11H14BrCl2N. The lowest BCUT2D eigenvalue weighted by molar-refractivity contribution is 0.264. The Bertz CT molecular complexity index is 339. The van der Waals surface area contributed by atoms with Crippen LogP contribution in [0.4, 0.5) is 0 Å². The number of halogens is 3. The zero-order valence-corrected chi connectivity index (χ0v) is 11.4. The third kappa shape index (κ3) is 2.88. The molecule has 1 nitrogen and oxygen atoms in total. The molecule has 0 unspecified atom stereocenters. The van der Waals surface area contributed by atoms with E-state index in [1.165, 1.54) is 19.3 Å². The van der Waals surface area contributed by atoms with Gasteiger partial charge in [0.15, 0.2) is 0 Å². The molecule has 0 heterocycles. The summed E-state index contributed by atoms with van der Waals surface area (Å²) in [6, 6.07) is 5.95. The minimum Gasteiger partial charge on any atom is -0.324 e. The Balaban J connectivity index is 0.00000112. The van der Waals surface area contributed by atoms with Crippen LogP contribution >= 0.6 is 39.9 Å². The molecule has 4 heteroatoms. The number of hydrogen-bond donors (Lipinski definition) is 1. The van der Waals surface area contributed by atoms with E-state index in [-0.39, 0.29) is 18.4 Å². The summed E-state index contributed by atoms with van der Waals surface area (Å²) in [5.41, 5.74) is 7.32. The van der Waals surface area contributed by atoms with Gasteiger partial charge in [-0.25, -0.2) is 0 Å². The highest BCUT2D eigenvalue weighted by molar-refractivity contribution is 9.10. The van der Waals surface area contributed by atoms with Crippen LogP contribution in [0.25, 0.3) is 0 Å². The highest BCUT2D eigenvalue weighted by atomic mass is 79.9. The van der Waals surface area contributed by atoms with E-state index in [0.717, 1.165) is 15.1 Å². The molecule has 0 bridgehead atoms. The molecule has 1 aliphatic carbocycles. The lowest BCUT2D eigenvalue weighted by Crippen LogP contribution is -2.27. The van der Waals surface area contributed by atoms with Gasteiger partial charge in [0.25, 0.3) is 0 Å². The first-order chi connectivity index (χ1) is 6.68. The zero-order chi connectivity index (χ0) is 10.1. The molecule has 84 valence electrons. The van der Waals surface area contributed by atoms with Crippen molar-refractivity contribution in [3.63, 3.8) is 0 Å². The van der Waals surface area contributed by atoms with Gasteiger partial charge < -0.3 is 5.73 Å². The minimum absolute atomic E-state index is 0. The predicted molar refractivity (Wildman–Crippen MR) is 70.7 cm³/mol. The van der Waals surface area contributed by atoms with Crippen molar-refractivity contribution >= 4 is 39.9 Å². The van der Waals surface area contributed by atoms with Crippen LogP contribution in [0.5, 0.6) is 0 Å². The van der Waals surface area contributed by atoms with E-state index in [9.17, 15) is 0 Å². The molecular weight excluding hydrogens is 297 g/mol. The third-order valence-corrected chi connectivity index (χ3v) is 3.93. The summed E-state index contributed by atoms with van der Waals surface area (Å²) >= 11 is 9.46. The molecule has 0 radical (unpaired) electrons. The van der Waals surface area contributed by atoms with Crippen molar-refractivity contribution in [3.05, 3.63) is 33.3 Å². The SMILES string of the molecule is Cl.N[C@H](c1cc(Cl)ccc1Br)C1CCC1. The first-order valence-corrected chi connectivity index (χ1v) is 6.06. The number of rotatable bonds is 2. The second-order valence-electron chi connectivity index (χ2n) is 3.88. The standard InChI is InChI=1S/C11H13BrClN.ClH/c12-10-5-4-8(13)6-9(10)11(14)7-2-1-3-7;/h4-7,11H,1-3,14H2;1H/t11-;/m0./s1. The zero-order valence-electron chi connectivity index (χ0n) is 8.25. The first-order valence-electron chi connectivity index (χ1n) is 4.89. The van der Waals surface area contributed by atoms with E-state index in [0.29, 0.717) is 5.92 Å². The molecule has 1 aromatic carbocycles. The van der Waals surface area contributed by atoms with Gasteiger partial charge in [0, 0.05) is 15.5 Å². The summed E-state index contributed by atoms with van der Waals surface area (Å²) in [4.78, 5) is 0. The van der Waals surface area contributed by atoms with Gasteiger partial charge in [0.05, 0.1) is 0 Å². The van der Waals surface area contributed by atoms with Crippen molar-refractivity contribution < 1.29 is 0 Å². The summed E-state index contributed by atoms with van der Waals surface area (Å²) in [5.74, 6) is 0.643. The molecule has 0 aliphatic heterocycles. The quantitative estimate of drug-likeness (QED) is 0.864. The average Bonchev–Trinajstić information content (AvgIpc) is 2.06. The molecule has 1 saturated carbocycles. The molecule has 0 spiro atoms. The highest BCUT2D eigenvalue weighted by Crippen LogP contribution is 2.39. The molecule has 1 fully saturated rings. The highest BCUT2D eigenvalue weighted by Gasteiger charge is 2.26. The van der Waals surface area contributed by atoms with Crippen molar-refractivity contribution in [1.82, 2.24) is 0 Å². The van der Waals surface area contributed by atoms with E-state index >= 15 is 0 Å². The van der Waals surface area contributed by atoms with Crippen molar-refractivity contribution in [2.75, 3.05) is 0 Å². The van der Waals surface area contributed by atoms with Gasteiger partial charge in [-0.2, -0.15) is 0 Å². The fourth-order valence-electron chi connectivity index (χ4n) is 1.82. The summed E-state index contributed by atoms with van der Waals surface area (Å²) in [5, 5.41) is 0.762. The summed E-state index contributed by atoms with van der Waals surface area (Å²) in [6.07, 6.45) is 3.82. The van der Waals surface area contributed by atoms with E-state index in [2.05, 4.69) is 15.9 Å². The Morgan fingerprint density at radius 2 is 2.07 bits per heavy atom. The fourth-order valence-corrected chi connectivity index (χ4v) is 2.51. The third-order valence-electron chi connectivity index (χ3n) is 2.97. The molecule has 0 aromatic heterocycles. The van der Waals surface area contributed by atoms with Crippen LogP contribution in [0.15, 0.2) is 22.7 Å². The Morgan fingerprint density at radius 1 is 1.40 bits per heavy atom. The monoisotopic (exact) mass is 309 g/mol. The average molecular weight is 311 g/mol. The molecule has 15 heavy (non-hydrogen) atoms. The molecule has 0 amide bonds. The van der Waals surface area contributed by atoms with Crippen molar-refractivity contribution in [3.8, 4) is 0 Å². The lowest BCUT2D eigenvalue weighted by atomic mass is 9.78.